The molecule has 2 N–H and O–H groups in total. The molecule has 0 saturated carbocycles. The maximum Gasteiger partial charge on any atom is 0.291 e. The molecular formula is C29H28ClF2N7O4. The minimum atomic E-state index is -1.26. The third kappa shape index (κ3) is 6.16. The van der Waals surface area contributed by atoms with Crippen LogP contribution in [0.5, 0.6) is 5.75 Å². The minimum absolute atomic E-state index is 0.0107. The van der Waals surface area contributed by atoms with Crippen molar-refractivity contribution in [3.8, 4) is 23.1 Å². The van der Waals surface area contributed by atoms with Gasteiger partial charge in [-0.1, -0.05) is 11.6 Å². The Morgan fingerprint density at radius 1 is 1.14 bits per heavy atom. The zero-order chi connectivity index (χ0) is 30.7. The summed E-state index contributed by atoms with van der Waals surface area (Å²) in [4.78, 5) is 46.3. The van der Waals surface area contributed by atoms with Gasteiger partial charge in [0.1, 0.15) is 6.07 Å². The van der Waals surface area contributed by atoms with Crippen molar-refractivity contribution >= 4 is 35.0 Å². The molecule has 2 saturated heterocycles. The Morgan fingerprint density at radius 3 is 2.56 bits per heavy atom. The zero-order valence-corrected chi connectivity index (χ0v) is 24.0. The Bertz CT molecular complexity index is 1610. The number of anilines is 1. The molecule has 14 heteroatoms. The molecule has 3 amide bonds. The second-order valence-corrected chi connectivity index (χ2v) is 10.6. The Morgan fingerprint density at radius 2 is 1.88 bits per heavy atom. The van der Waals surface area contributed by atoms with Crippen LogP contribution in [0.3, 0.4) is 0 Å². The number of benzene rings is 2. The Labute approximate surface area is 251 Å². The molecule has 1 aromatic heterocycles. The van der Waals surface area contributed by atoms with Crippen LogP contribution in [0.2, 0.25) is 5.02 Å². The number of rotatable bonds is 7. The van der Waals surface area contributed by atoms with Gasteiger partial charge < -0.3 is 29.7 Å². The number of carbonyl (C=O) groups is 3. The van der Waals surface area contributed by atoms with Crippen molar-refractivity contribution in [3.05, 3.63) is 64.6 Å². The van der Waals surface area contributed by atoms with Crippen molar-refractivity contribution in [2.45, 2.75) is 6.42 Å². The average molecular weight is 612 g/mol. The first-order valence-electron chi connectivity index (χ1n) is 13.6. The number of piperazine rings is 1. The SMILES string of the molecule is Cn1c(-c2ccc(OCC#N)c(F)c2F)cnc1C(=O)Nc1ccc(C(=O)N2CCN(C(=O)[C@H]3CCNC3)CC2)c(Cl)c1. The number of nitrogens with one attached hydrogen (secondary N) is 2. The van der Waals surface area contributed by atoms with Gasteiger partial charge in [-0.05, 0) is 43.3 Å². The van der Waals surface area contributed by atoms with Crippen LogP contribution in [0.1, 0.15) is 27.4 Å². The van der Waals surface area contributed by atoms with Crippen molar-refractivity contribution in [2.75, 3.05) is 51.2 Å². The summed E-state index contributed by atoms with van der Waals surface area (Å²) >= 11 is 6.43. The summed E-state index contributed by atoms with van der Waals surface area (Å²) in [6.07, 6.45) is 2.06. The number of carbonyl (C=O) groups excluding carboxylic acids is 3. The number of amides is 3. The number of aromatic nitrogens is 2. The largest absolute Gasteiger partial charge is 0.476 e. The molecule has 2 aliphatic rings. The van der Waals surface area contributed by atoms with E-state index in [1.807, 2.05) is 0 Å². The third-order valence-corrected chi connectivity index (χ3v) is 7.86. The van der Waals surface area contributed by atoms with Crippen LogP contribution >= 0.6 is 11.6 Å². The number of ether oxygens (including phenoxy) is 1. The maximum absolute atomic E-state index is 14.8. The summed E-state index contributed by atoms with van der Waals surface area (Å²) in [6.45, 7) is 2.77. The fourth-order valence-electron chi connectivity index (χ4n) is 5.20. The first-order valence-corrected chi connectivity index (χ1v) is 14.0. The predicted octanol–water partition coefficient (Wildman–Crippen LogP) is 3.07. The summed E-state index contributed by atoms with van der Waals surface area (Å²) < 4.78 is 35.4. The van der Waals surface area contributed by atoms with E-state index in [0.29, 0.717) is 38.4 Å². The number of imidazole rings is 1. The molecule has 0 unspecified atom stereocenters. The summed E-state index contributed by atoms with van der Waals surface area (Å²) in [6, 6.07) is 8.63. The fourth-order valence-corrected chi connectivity index (χ4v) is 5.46. The quantitative estimate of drug-likeness (QED) is 0.420. The van der Waals surface area contributed by atoms with Crippen molar-refractivity contribution in [1.29, 1.82) is 5.26 Å². The van der Waals surface area contributed by atoms with E-state index in [1.165, 1.54) is 48.1 Å². The molecule has 0 radical (unpaired) electrons. The van der Waals surface area contributed by atoms with E-state index in [4.69, 9.17) is 21.6 Å². The van der Waals surface area contributed by atoms with Crippen LogP contribution in [0.15, 0.2) is 36.5 Å². The third-order valence-electron chi connectivity index (χ3n) is 7.55. The number of nitrogens with zero attached hydrogens (tertiary/aromatic N) is 5. The molecule has 2 fully saturated rings. The molecular weight excluding hydrogens is 584 g/mol. The molecule has 2 aromatic carbocycles. The Kier molecular flexibility index (Phi) is 8.89. The van der Waals surface area contributed by atoms with Gasteiger partial charge in [-0.15, -0.1) is 0 Å². The van der Waals surface area contributed by atoms with E-state index in [9.17, 15) is 23.2 Å². The van der Waals surface area contributed by atoms with Gasteiger partial charge in [-0.2, -0.15) is 9.65 Å². The molecule has 3 aromatic rings. The number of nitriles is 1. The first-order chi connectivity index (χ1) is 20.7. The highest BCUT2D eigenvalue weighted by Gasteiger charge is 2.31. The lowest BCUT2D eigenvalue weighted by molar-refractivity contribution is -0.136. The highest BCUT2D eigenvalue weighted by atomic mass is 35.5. The van der Waals surface area contributed by atoms with E-state index in [1.54, 1.807) is 15.9 Å². The van der Waals surface area contributed by atoms with Crippen LogP contribution < -0.4 is 15.4 Å². The number of hydrogen-bond acceptors (Lipinski definition) is 7. The topological polar surface area (TPSA) is 133 Å². The zero-order valence-electron chi connectivity index (χ0n) is 23.2. The molecule has 0 aliphatic carbocycles. The van der Waals surface area contributed by atoms with Crippen molar-refractivity contribution in [3.63, 3.8) is 0 Å². The van der Waals surface area contributed by atoms with E-state index in [2.05, 4.69) is 15.6 Å². The molecule has 0 bridgehead atoms. The number of hydrogen-bond donors (Lipinski definition) is 2. The van der Waals surface area contributed by atoms with Gasteiger partial charge in [-0.25, -0.2) is 9.37 Å². The van der Waals surface area contributed by atoms with Gasteiger partial charge >= 0.3 is 0 Å². The Balaban J connectivity index is 1.23. The van der Waals surface area contributed by atoms with E-state index < -0.39 is 29.9 Å². The fraction of sp³-hybridized carbons (Fsp3) is 0.345. The van der Waals surface area contributed by atoms with Gasteiger partial charge in [0.25, 0.3) is 11.8 Å². The molecule has 5 rings (SSSR count). The molecule has 3 heterocycles. The lowest BCUT2D eigenvalue weighted by Gasteiger charge is -2.36. The average Bonchev–Trinajstić information content (AvgIpc) is 3.68. The molecule has 2 aliphatic heterocycles. The van der Waals surface area contributed by atoms with Gasteiger partial charge in [0, 0.05) is 51.0 Å². The van der Waals surface area contributed by atoms with Gasteiger partial charge in [0.05, 0.1) is 28.4 Å². The molecule has 11 nitrogen and oxygen atoms in total. The molecule has 0 spiro atoms. The summed E-state index contributed by atoms with van der Waals surface area (Å²) in [5.41, 5.74) is 0.544. The van der Waals surface area contributed by atoms with Gasteiger partial charge in [0.15, 0.2) is 24.0 Å². The van der Waals surface area contributed by atoms with Crippen molar-refractivity contribution in [2.24, 2.45) is 13.0 Å². The van der Waals surface area contributed by atoms with Crippen molar-refractivity contribution in [1.82, 2.24) is 24.7 Å². The van der Waals surface area contributed by atoms with Crippen LogP contribution in [0, 0.1) is 28.9 Å². The lowest BCUT2D eigenvalue weighted by atomic mass is 10.1. The lowest BCUT2D eigenvalue weighted by Crippen LogP contribution is -2.52. The van der Waals surface area contributed by atoms with Crippen LogP contribution in [0.25, 0.3) is 11.3 Å². The minimum Gasteiger partial charge on any atom is -0.476 e. The van der Waals surface area contributed by atoms with E-state index in [0.717, 1.165) is 13.0 Å². The Hall–Kier alpha value is -4.54. The van der Waals surface area contributed by atoms with Crippen LogP contribution in [0.4, 0.5) is 14.5 Å². The summed E-state index contributed by atoms with van der Waals surface area (Å²) in [5.74, 6) is -3.78. The number of halogens is 3. The molecule has 1 atom stereocenters. The molecule has 43 heavy (non-hydrogen) atoms. The van der Waals surface area contributed by atoms with Crippen LogP contribution in [-0.4, -0.2) is 82.9 Å². The van der Waals surface area contributed by atoms with Gasteiger partial charge in [-0.3, -0.25) is 14.4 Å². The van der Waals surface area contributed by atoms with Gasteiger partial charge in [0.2, 0.25) is 11.7 Å². The monoisotopic (exact) mass is 611 g/mol. The summed E-state index contributed by atoms with van der Waals surface area (Å²) in [7, 11) is 1.47. The highest BCUT2D eigenvalue weighted by Crippen LogP contribution is 2.30. The molecule has 224 valence electrons. The van der Waals surface area contributed by atoms with Crippen molar-refractivity contribution < 1.29 is 27.9 Å². The second-order valence-electron chi connectivity index (χ2n) is 10.2. The van der Waals surface area contributed by atoms with Crippen LogP contribution in [-0.2, 0) is 11.8 Å². The smallest absolute Gasteiger partial charge is 0.291 e. The highest BCUT2D eigenvalue weighted by molar-refractivity contribution is 6.34. The standard InChI is InChI=1S/C29H28ClF2N7O4/c1-37-22(20-4-5-23(43-13-7-33)25(32)24(20)31)16-35-26(37)27(40)36-18-2-3-19(21(30)14-18)29(42)39-11-9-38(10-12-39)28(41)17-6-8-34-15-17/h2-5,14,16-17,34H,6,8-13,15H2,1H3,(H,36,40)/t17-/m0/s1. The maximum atomic E-state index is 14.8. The summed E-state index contributed by atoms with van der Waals surface area (Å²) in [5, 5.41) is 14.6. The second kappa shape index (κ2) is 12.8. The van der Waals surface area contributed by atoms with E-state index in [-0.39, 0.29) is 45.4 Å². The normalized spacial score (nSPS) is 16.6. The van der Waals surface area contributed by atoms with E-state index >= 15 is 0 Å². The first kappa shape index (κ1) is 29.9. The predicted molar refractivity (Wildman–Crippen MR) is 153 cm³/mol.